The van der Waals surface area contributed by atoms with Gasteiger partial charge in [-0.25, -0.2) is 5.01 Å². The molecule has 0 fully saturated rings. The van der Waals surface area contributed by atoms with Gasteiger partial charge in [0.25, 0.3) is 5.91 Å². The second-order valence-electron chi connectivity index (χ2n) is 5.28. The smallest absolute Gasteiger partial charge is 0.284 e. The summed E-state index contributed by atoms with van der Waals surface area (Å²) in [7, 11) is 0. The van der Waals surface area contributed by atoms with E-state index in [-0.39, 0.29) is 11.9 Å². The van der Waals surface area contributed by atoms with E-state index in [9.17, 15) is 4.79 Å². The molecule has 0 N–H and O–H groups in total. The van der Waals surface area contributed by atoms with Gasteiger partial charge in [0.05, 0.1) is 16.9 Å². The van der Waals surface area contributed by atoms with Crippen molar-refractivity contribution in [2.75, 3.05) is 0 Å². The van der Waals surface area contributed by atoms with Crippen LogP contribution in [0.4, 0.5) is 0 Å². The lowest BCUT2D eigenvalue weighted by Gasteiger charge is -2.18. The number of carbonyl (C=O) groups excluding carboxylic acids is 1. The molecule has 3 aromatic rings. The molecule has 114 valence electrons. The van der Waals surface area contributed by atoms with Gasteiger partial charge < -0.3 is 4.42 Å². The Morgan fingerprint density at radius 3 is 2.70 bits per heavy atom. The van der Waals surface area contributed by atoms with E-state index in [1.165, 1.54) is 11.3 Å². The molecule has 0 saturated heterocycles. The summed E-state index contributed by atoms with van der Waals surface area (Å²) < 4.78 is 5.54. The molecule has 0 spiro atoms. The van der Waals surface area contributed by atoms with Crippen molar-refractivity contribution < 1.29 is 9.21 Å². The molecule has 1 atom stereocenters. The topological polar surface area (TPSA) is 45.8 Å². The summed E-state index contributed by atoms with van der Waals surface area (Å²) in [5, 5.41) is 8.04. The summed E-state index contributed by atoms with van der Waals surface area (Å²) >= 11 is 1.42. The first-order valence-electron chi connectivity index (χ1n) is 7.36. The average Bonchev–Trinajstić information content (AvgIpc) is 3.35. The second kappa shape index (κ2) is 5.85. The summed E-state index contributed by atoms with van der Waals surface area (Å²) in [6, 6.07) is 17.2. The largest absolute Gasteiger partial charge is 0.467 e. The summed E-state index contributed by atoms with van der Waals surface area (Å²) in [6.07, 6.45) is 2.28. The van der Waals surface area contributed by atoms with Crippen LogP contribution in [0.15, 0.2) is 75.8 Å². The van der Waals surface area contributed by atoms with Gasteiger partial charge in [0, 0.05) is 6.42 Å². The van der Waals surface area contributed by atoms with Gasteiger partial charge in [0.2, 0.25) is 0 Å². The normalized spacial score (nSPS) is 17.3. The number of rotatable bonds is 3. The lowest BCUT2D eigenvalue weighted by Crippen LogP contribution is -2.26. The van der Waals surface area contributed by atoms with Gasteiger partial charge in [-0.2, -0.15) is 5.10 Å². The van der Waals surface area contributed by atoms with E-state index in [0.29, 0.717) is 11.3 Å². The number of amides is 1. The van der Waals surface area contributed by atoms with Crippen molar-refractivity contribution in [1.82, 2.24) is 5.01 Å². The number of carbonyl (C=O) groups is 1. The van der Waals surface area contributed by atoms with Crippen LogP contribution < -0.4 is 0 Å². The highest BCUT2D eigenvalue weighted by atomic mass is 32.1. The predicted octanol–water partition coefficient (Wildman–Crippen LogP) is 4.33. The third kappa shape index (κ3) is 2.59. The summed E-state index contributed by atoms with van der Waals surface area (Å²) in [6.45, 7) is 0. The monoisotopic (exact) mass is 322 g/mol. The zero-order valence-corrected chi connectivity index (χ0v) is 13.1. The molecule has 5 heteroatoms. The van der Waals surface area contributed by atoms with Gasteiger partial charge in [0.1, 0.15) is 11.8 Å². The Bertz CT molecular complexity index is 823. The zero-order valence-electron chi connectivity index (χ0n) is 12.3. The lowest BCUT2D eigenvalue weighted by molar-refractivity contribution is 0.0698. The van der Waals surface area contributed by atoms with Crippen LogP contribution in [-0.4, -0.2) is 16.6 Å². The number of furan rings is 1. The number of thiophene rings is 1. The Morgan fingerprint density at radius 1 is 1.13 bits per heavy atom. The van der Waals surface area contributed by atoms with Crippen LogP contribution >= 0.6 is 11.3 Å². The molecule has 0 unspecified atom stereocenters. The number of hydrogen-bond donors (Lipinski definition) is 0. The van der Waals surface area contributed by atoms with Crippen molar-refractivity contribution in [2.45, 2.75) is 12.5 Å². The van der Waals surface area contributed by atoms with Gasteiger partial charge in [-0.1, -0.05) is 36.4 Å². The van der Waals surface area contributed by atoms with Crippen LogP contribution in [0.5, 0.6) is 0 Å². The maximum atomic E-state index is 12.8. The van der Waals surface area contributed by atoms with Crippen LogP contribution in [0.3, 0.4) is 0 Å². The van der Waals surface area contributed by atoms with E-state index in [4.69, 9.17) is 4.42 Å². The van der Waals surface area contributed by atoms with E-state index in [1.54, 1.807) is 11.3 Å². The third-order valence-electron chi connectivity index (χ3n) is 3.83. The molecule has 1 amide bonds. The fourth-order valence-corrected chi connectivity index (χ4v) is 3.37. The van der Waals surface area contributed by atoms with Crippen molar-refractivity contribution in [3.05, 3.63) is 82.4 Å². The number of hydrazone groups is 1. The van der Waals surface area contributed by atoms with E-state index in [2.05, 4.69) is 5.10 Å². The quantitative estimate of drug-likeness (QED) is 0.720. The average molecular weight is 322 g/mol. The van der Waals surface area contributed by atoms with Crippen molar-refractivity contribution >= 4 is 23.0 Å². The number of nitrogens with zero attached hydrogens (tertiary/aromatic N) is 2. The molecule has 4 nitrogen and oxygen atoms in total. The van der Waals surface area contributed by atoms with E-state index < -0.39 is 0 Å². The van der Waals surface area contributed by atoms with E-state index in [1.807, 2.05) is 60.0 Å². The van der Waals surface area contributed by atoms with Crippen molar-refractivity contribution in [3.63, 3.8) is 0 Å². The van der Waals surface area contributed by atoms with Crippen molar-refractivity contribution in [1.29, 1.82) is 0 Å². The predicted molar refractivity (Wildman–Crippen MR) is 89.5 cm³/mol. The van der Waals surface area contributed by atoms with Crippen LogP contribution in [0.2, 0.25) is 0 Å². The minimum absolute atomic E-state index is 0.0904. The van der Waals surface area contributed by atoms with Gasteiger partial charge in [-0.15, -0.1) is 11.3 Å². The first-order valence-corrected chi connectivity index (χ1v) is 8.24. The van der Waals surface area contributed by atoms with Gasteiger partial charge in [-0.05, 0) is 29.1 Å². The molecule has 0 radical (unpaired) electrons. The molecule has 3 heterocycles. The summed E-state index contributed by atoms with van der Waals surface area (Å²) in [5.41, 5.74) is 1.93. The molecule has 0 saturated carbocycles. The van der Waals surface area contributed by atoms with E-state index in [0.717, 1.165) is 17.0 Å². The standard InChI is InChI=1S/C18H14N2O2S/c21-18(17-9-5-11-23-17)20-15(16-8-4-10-22-16)12-14(19-20)13-6-2-1-3-7-13/h1-11,15H,12H2/t15-/m0/s1. The highest BCUT2D eigenvalue weighted by molar-refractivity contribution is 7.12. The van der Waals surface area contributed by atoms with Crippen LogP contribution in [0.25, 0.3) is 0 Å². The lowest BCUT2D eigenvalue weighted by atomic mass is 10.0. The van der Waals surface area contributed by atoms with Crippen LogP contribution in [-0.2, 0) is 0 Å². The molecule has 23 heavy (non-hydrogen) atoms. The highest BCUT2D eigenvalue weighted by Crippen LogP contribution is 2.34. The number of benzene rings is 1. The number of hydrogen-bond acceptors (Lipinski definition) is 4. The Morgan fingerprint density at radius 2 is 2.00 bits per heavy atom. The Labute approximate surface area is 137 Å². The Kier molecular flexibility index (Phi) is 3.55. The SMILES string of the molecule is O=C(c1cccs1)N1N=C(c2ccccc2)C[C@H]1c1ccco1. The third-order valence-corrected chi connectivity index (χ3v) is 4.69. The molecule has 4 rings (SSSR count). The Hall–Kier alpha value is -2.66. The first-order chi connectivity index (χ1) is 11.3. The van der Waals surface area contributed by atoms with Crippen LogP contribution in [0.1, 0.15) is 33.5 Å². The molecular weight excluding hydrogens is 308 g/mol. The van der Waals surface area contributed by atoms with Gasteiger partial charge in [0.15, 0.2) is 0 Å². The molecule has 1 aromatic carbocycles. The fourth-order valence-electron chi connectivity index (χ4n) is 2.72. The molecule has 1 aliphatic rings. The fraction of sp³-hybridized carbons (Fsp3) is 0.111. The van der Waals surface area contributed by atoms with Gasteiger partial charge >= 0.3 is 0 Å². The van der Waals surface area contributed by atoms with Crippen molar-refractivity contribution in [3.8, 4) is 0 Å². The molecule has 0 aliphatic carbocycles. The van der Waals surface area contributed by atoms with Crippen molar-refractivity contribution in [2.24, 2.45) is 5.10 Å². The molecular formula is C18H14N2O2S. The highest BCUT2D eigenvalue weighted by Gasteiger charge is 2.35. The Balaban J connectivity index is 1.72. The molecule has 1 aliphatic heterocycles. The summed E-state index contributed by atoms with van der Waals surface area (Å²) in [5.74, 6) is 0.664. The minimum atomic E-state index is -0.199. The maximum absolute atomic E-state index is 12.8. The molecule has 2 aromatic heterocycles. The zero-order chi connectivity index (χ0) is 15.6. The maximum Gasteiger partial charge on any atom is 0.284 e. The van der Waals surface area contributed by atoms with Crippen LogP contribution in [0, 0.1) is 0 Å². The molecule has 0 bridgehead atoms. The first kappa shape index (κ1) is 14.0. The second-order valence-corrected chi connectivity index (χ2v) is 6.22. The van der Waals surface area contributed by atoms with Gasteiger partial charge in [-0.3, -0.25) is 4.79 Å². The van der Waals surface area contributed by atoms with E-state index >= 15 is 0 Å². The minimum Gasteiger partial charge on any atom is -0.467 e. The summed E-state index contributed by atoms with van der Waals surface area (Å²) in [4.78, 5) is 13.5.